The third kappa shape index (κ3) is 3.42. The molecule has 1 saturated heterocycles. The van der Waals surface area contributed by atoms with E-state index in [2.05, 4.69) is 5.32 Å². The average molecular weight is 260 g/mol. The normalized spacial score (nSPS) is 31.6. The van der Waals surface area contributed by atoms with Crippen LogP contribution in [0.2, 0.25) is 0 Å². The van der Waals surface area contributed by atoms with Crippen LogP contribution in [0.3, 0.4) is 0 Å². The van der Waals surface area contributed by atoms with Crippen LogP contribution in [0.15, 0.2) is 0 Å². The van der Waals surface area contributed by atoms with Gasteiger partial charge in [-0.2, -0.15) is 4.31 Å². The van der Waals surface area contributed by atoms with Gasteiger partial charge in [-0.3, -0.25) is 0 Å². The second kappa shape index (κ2) is 5.24. The Balaban J connectivity index is 1.91. The Morgan fingerprint density at radius 3 is 2.24 bits per heavy atom. The maximum Gasteiger partial charge on any atom is 0.215 e. The summed E-state index contributed by atoms with van der Waals surface area (Å²) in [5.74, 6) is 0.248. The summed E-state index contributed by atoms with van der Waals surface area (Å²) in [7, 11) is -3.08. The molecular formula is C12H24N2O2S. The zero-order valence-electron chi connectivity index (χ0n) is 10.9. The number of hydrogen-bond donors (Lipinski definition) is 1. The molecule has 2 fully saturated rings. The highest BCUT2D eigenvalue weighted by Crippen LogP contribution is 2.26. The van der Waals surface area contributed by atoms with Crippen molar-refractivity contribution >= 4 is 10.0 Å². The maximum absolute atomic E-state index is 12.3. The van der Waals surface area contributed by atoms with E-state index in [4.69, 9.17) is 0 Å². The van der Waals surface area contributed by atoms with Crippen LogP contribution < -0.4 is 5.32 Å². The quantitative estimate of drug-likeness (QED) is 0.811. The largest absolute Gasteiger partial charge is 0.313 e. The lowest BCUT2D eigenvalue weighted by molar-refractivity contribution is 0.204. The lowest BCUT2D eigenvalue weighted by Gasteiger charge is -2.37. The van der Waals surface area contributed by atoms with Gasteiger partial charge in [-0.25, -0.2) is 8.42 Å². The fourth-order valence-corrected chi connectivity index (χ4v) is 4.62. The maximum atomic E-state index is 12.3. The van der Waals surface area contributed by atoms with Crippen molar-refractivity contribution in [3.8, 4) is 0 Å². The van der Waals surface area contributed by atoms with Crippen LogP contribution in [0.1, 0.15) is 46.0 Å². The van der Waals surface area contributed by atoms with E-state index in [9.17, 15) is 8.42 Å². The highest BCUT2D eigenvalue weighted by Gasteiger charge is 2.34. The highest BCUT2D eigenvalue weighted by atomic mass is 32.2. The number of piperidine rings is 1. The molecule has 4 nitrogen and oxygen atoms in total. The van der Waals surface area contributed by atoms with Crippen LogP contribution in [0, 0.1) is 0 Å². The first-order valence-electron chi connectivity index (χ1n) is 6.75. The zero-order valence-corrected chi connectivity index (χ0v) is 11.7. The Bertz CT molecular complexity index is 342. The lowest BCUT2D eigenvalue weighted by atomic mass is 10.0. The number of sulfonamides is 1. The van der Waals surface area contributed by atoms with E-state index < -0.39 is 10.0 Å². The van der Waals surface area contributed by atoms with Crippen molar-refractivity contribution in [3.63, 3.8) is 0 Å². The number of rotatable bonds is 5. The standard InChI is InChI=1S/C12H24N2O2S/c1-10-4-3-5-11(2)14(10)17(15,16)9-8-13-12-6-7-12/h10-13H,3-9H2,1-2H3/t10-,11+. The molecule has 0 aromatic heterocycles. The molecule has 1 aliphatic carbocycles. The van der Waals surface area contributed by atoms with E-state index in [0.717, 1.165) is 19.3 Å². The summed E-state index contributed by atoms with van der Waals surface area (Å²) in [6, 6.07) is 0.927. The number of hydrogen-bond acceptors (Lipinski definition) is 3. The van der Waals surface area contributed by atoms with Gasteiger partial charge in [-0.15, -0.1) is 0 Å². The summed E-state index contributed by atoms with van der Waals surface area (Å²) in [5.41, 5.74) is 0. The van der Waals surface area contributed by atoms with Gasteiger partial charge in [-0.05, 0) is 39.5 Å². The summed E-state index contributed by atoms with van der Waals surface area (Å²) in [5, 5.41) is 3.28. The van der Waals surface area contributed by atoms with Crippen LogP contribution in [-0.2, 0) is 10.0 Å². The molecule has 1 aliphatic heterocycles. The Kier molecular flexibility index (Phi) is 4.10. The molecule has 2 rings (SSSR count). The molecule has 0 radical (unpaired) electrons. The molecule has 1 saturated carbocycles. The molecule has 100 valence electrons. The summed E-state index contributed by atoms with van der Waals surface area (Å²) in [6.07, 6.45) is 5.56. The Labute approximate surface area is 105 Å². The molecule has 0 amide bonds. The van der Waals surface area contributed by atoms with Crippen LogP contribution in [-0.4, -0.2) is 43.1 Å². The van der Waals surface area contributed by atoms with Gasteiger partial charge in [-0.1, -0.05) is 6.42 Å². The summed E-state index contributed by atoms with van der Waals surface area (Å²) >= 11 is 0. The van der Waals surface area contributed by atoms with E-state index in [1.165, 1.54) is 12.8 Å². The van der Waals surface area contributed by atoms with Crippen molar-refractivity contribution in [3.05, 3.63) is 0 Å². The molecular weight excluding hydrogens is 236 g/mol. The van der Waals surface area contributed by atoms with Crippen LogP contribution in [0.4, 0.5) is 0 Å². The van der Waals surface area contributed by atoms with E-state index in [0.29, 0.717) is 12.6 Å². The van der Waals surface area contributed by atoms with Gasteiger partial charge in [0.05, 0.1) is 5.75 Å². The van der Waals surface area contributed by atoms with Crippen molar-refractivity contribution in [2.45, 2.75) is 64.1 Å². The van der Waals surface area contributed by atoms with Crippen LogP contribution in [0.25, 0.3) is 0 Å². The SMILES string of the molecule is C[C@@H]1CCC[C@H](C)N1S(=O)(=O)CCNC1CC1. The molecule has 1 N–H and O–H groups in total. The summed E-state index contributed by atoms with van der Waals surface area (Å²) in [4.78, 5) is 0. The van der Waals surface area contributed by atoms with Crippen molar-refractivity contribution in [2.24, 2.45) is 0 Å². The Morgan fingerprint density at radius 1 is 1.12 bits per heavy atom. The molecule has 0 unspecified atom stereocenters. The Hall–Kier alpha value is -0.130. The average Bonchev–Trinajstić information content (AvgIpc) is 3.00. The third-order valence-corrected chi connectivity index (χ3v) is 5.89. The minimum absolute atomic E-state index is 0.171. The van der Waals surface area contributed by atoms with Crippen LogP contribution in [0.5, 0.6) is 0 Å². The zero-order chi connectivity index (χ0) is 12.5. The predicted octanol–water partition coefficient (Wildman–Crippen LogP) is 1.33. The molecule has 2 atom stereocenters. The summed E-state index contributed by atoms with van der Waals surface area (Å²) < 4.78 is 26.3. The number of nitrogens with one attached hydrogen (secondary N) is 1. The molecule has 2 aliphatic rings. The third-order valence-electron chi connectivity index (χ3n) is 3.80. The second-order valence-electron chi connectivity index (χ2n) is 5.50. The predicted molar refractivity (Wildman–Crippen MR) is 69.4 cm³/mol. The van der Waals surface area contributed by atoms with Gasteiger partial charge in [0.1, 0.15) is 0 Å². The smallest absolute Gasteiger partial charge is 0.215 e. The molecule has 17 heavy (non-hydrogen) atoms. The van der Waals surface area contributed by atoms with Gasteiger partial charge in [0.15, 0.2) is 0 Å². The van der Waals surface area contributed by atoms with E-state index in [1.54, 1.807) is 4.31 Å². The topological polar surface area (TPSA) is 49.4 Å². The lowest BCUT2D eigenvalue weighted by Crippen LogP contribution is -2.49. The van der Waals surface area contributed by atoms with Crippen molar-refractivity contribution in [1.82, 2.24) is 9.62 Å². The first-order chi connectivity index (χ1) is 8.00. The van der Waals surface area contributed by atoms with Crippen molar-refractivity contribution < 1.29 is 8.42 Å². The van der Waals surface area contributed by atoms with Gasteiger partial charge < -0.3 is 5.32 Å². The second-order valence-corrected chi connectivity index (χ2v) is 7.50. The van der Waals surface area contributed by atoms with Crippen LogP contribution >= 0.6 is 0 Å². The van der Waals surface area contributed by atoms with Gasteiger partial charge >= 0.3 is 0 Å². The van der Waals surface area contributed by atoms with Gasteiger partial charge in [0, 0.05) is 24.7 Å². The minimum atomic E-state index is -3.08. The van der Waals surface area contributed by atoms with Gasteiger partial charge in [0.25, 0.3) is 0 Å². The molecule has 1 heterocycles. The van der Waals surface area contributed by atoms with Crippen molar-refractivity contribution in [1.29, 1.82) is 0 Å². The first kappa shape index (κ1) is 13.3. The molecule has 5 heteroatoms. The van der Waals surface area contributed by atoms with E-state index >= 15 is 0 Å². The van der Waals surface area contributed by atoms with E-state index in [-0.39, 0.29) is 17.8 Å². The fourth-order valence-electron chi connectivity index (χ4n) is 2.73. The monoisotopic (exact) mass is 260 g/mol. The van der Waals surface area contributed by atoms with Crippen molar-refractivity contribution in [2.75, 3.05) is 12.3 Å². The van der Waals surface area contributed by atoms with E-state index in [1.807, 2.05) is 13.8 Å². The highest BCUT2D eigenvalue weighted by molar-refractivity contribution is 7.89. The molecule has 0 spiro atoms. The molecule has 0 aromatic rings. The minimum Gasteiger partial charge on any atom is -0.313 e. The first-order valence-corrected chi connectivity index (χ1v) is 8.36. The molecule has 0 bridgehead atoms. The molecule has 0 aromatic carbocycles. The fraction of sp³-hybridized carbons (Fsp3) is 1.00. The van der Waals surface area contributed by atoms with Gasteiger partial charge in [0.2, 0.25) is 10.0 Å². The summed E-state index contributed by atoms with van der Waals surface area (Å²) in [6.45, 7) is 4.66. The Morgan fingerprint density at radius 2 is 1.71 bits per heavy atom. The number of nitrogens with zero attached hydrogens (tertiary/aromatic N) is 1.